The van der Waals surface area contributed by atoms with Crippen molar-refractivity contribution in [3.05, 3.63) is 34.8 Å². The van der Waals surface area contributed by atoms with E-state index in [1.165, 1.54) is 11.2 Å². The van der Waals surface area contributed by atoms with Gasteiger partial charge in [-0.2, -0.15) is 0 Å². The standard InChI is InChI=1S/C11H15N5S/c1-2-16(7-9-4-3-5-17-9)11-6-10(15-12)13-8-14-11/h3-6,8H,2,7,12H2,1H3,(H,13,14,15). The van der Waals surface area contributed by atoms with Gasteiger partial charge in [-0.1, -0.05) is 6.07 Å². The number of anilines is 2. The highest BCUT2D eigenvalue weighted by atomic mass is 32.1. The topological polar surface area (TPSA) is 67.1 Å². The maximum atomic E-state index is 5.34. The molecule has 3 N–H and O–H groups in total. The summed E-state index contributed by atoms with van der Waals surface area (Å²) in [6.07, 6.45) is 1.52. The minimum Gasteiger partial charge on any atom is -0.352 e. The van der Waals surface area contributed by atoms with Crippen molar-refractivity contribution in [3.63, 3.8) is 0 Å². The normalized spacial score (nSPS) is 10.2. The average Bonchev–Trinajstić information content (AvgIpc) is 2.89. The molecule has 0 aliphatic carbocycles. The van der Waals surface area contributed by atoms with Crippen molar-refractivity contribution in [2.24, 2.45) is 5.84 Å². The molecule has 0 bridgehead atoms. The van der Waals surface area contributed by atoms with E-state index in [2.05, 4.69) is 44.7 Å². The molecular weight excluding hydrogens is 234 g/mol. The van der Waals surface area contributed by atoms with Gasteiger partial charge in [0.25, 0.3) is 0 Å². The Morgan fingerprint density at radius 1 is 1.47 bits per heavy atom. The summed E-state index contributed by atoms with van der Waals surface area (Å²) in [7, 11) is 0. The fraction of sp³-hybridized carbons (Fsp3) is 0.273. The lowest BCUT2D eigenvalue weighted by Crippen LogP contribution is -2.23. The third kappa shape index (κ3) is 2.92. The van der Waals surface area contributed by atoms with Crippen molar-refractivity contribution >= 4 is 23.0 Å². The number of hydrazine groups is 1. The van der Waals surface area contributed by atoms with E-state index >= 15 is 0 Å². The highest BCUT2D eigenvalue weighted by Crippen LogP contribution is 2.18. The van der Waals surface area contributed by atoms with Crippen LogP contribution in [0.25, 0.3) is 0 Å². The molecular formula is C11H15N5S. The summed E-state index contributed by atoms with van der Waals surface area (Å²) in [6, 6.07) is 6.02. The number of hydrogen-bond acceptors (Lipinski definition) is 6. The van der Waals surface area contributed by atoms with Crippen LogP contribution in [0.15, 0.2) is 29.9 Å². The Bertz CT molecular complexity index is 457. The molecule has 2 heterocycles. The van der Waals surface area contributed by atoms with Gasteiger partial charge in [-0.25, -0.2) is 15.8 Å². The van der Waals surface area contributed by atoms with E-state index in [-0.39, 0.29) is 0 Å². The Hall–Kier alpha value is -1.66. The molecule has 2 rings (SSSR count). The number of nitrogens with one attached hydrogen (secondary N) is 1. The minimum absolute atomic E-state index is 0.625. The number of aromatic nitrogens is 2. The molecule has 0 unspecified atom stereocenters. The molecule has 17 heavy (non-hydrogen) atoms. The second-order valence-corrected chi connectivity index (χ2v) is 4.53. The zero-order chi connectivity index (χ0) is 12.1. The summed E-state index contributed by atoms with van der Waals surface area (Å²) in [5, 5.41) is 2.08. The maximum Gasteiger partial charge on any atom is 0.145 e. The molecule has 0 fully saturated rings. The van der Waals surface area contributed by atoms with Crippen LogP contribution < -0.4 is 16.2 Å². The molecule has 0 aliphatic rings. The Balaban J connectivity index is 2.16. The van der Waals surface area contributed by atoms with Crippen LogP contribution in [0.4, 0.5) is 11.6 Å². The summed E-state index contributed by atoms with van der Waals surface area (Å²) in [5.41, 5.74) is 2.53. The lowest BCUT2D eigenvalue weighted by Gasteiger charge is -2.21. The molecule has 0 atom stereocenters. The van der Waals surface area contributed by atoms with Crippen LogP contribution in [-0.2, 0) is 6.54 Å². The fourth-order valence-electron chi connectivity index (χ4n) is 1.54. The molecule has 2 aromatic heterocycles. The number of hydrogen-bond donors (Lipinski definition) is 2. The summed E-state index contributed by atoms with van der Waals surface area (Å²) >= 11 is 1.75. The fourth-order valence-corrected chi connectivity index (χ4v) is 2.26. The van der Waals surface area contributed by atoms with E-state index in [0.29, 0.717) is 5.82 Å². The van der Waals surface area contributed by atoms with Crippen LogP contribution >= 0.6 is 11.3 Å². The zero-order valence-electron chi connectivity index (χ0n) is 9.63. The molecule has 0 spiro atoms. The largest absolute Gasteiger partial charge is 0.352 e. The smallest absolute Gasteiger partial charge is 0.145 e. The summed E-state index contributed by atoms with van der Waals surface area (Å²) in [5.74, 6) is 6.84. The van der Waals surface area contributed by atoms with Crippen LogP contribution in [0.3, 0.4) is 0 Å². The first-order chi connectivity index (χ1) is 8.33. The molecule has 90 valence electrons. The molecule has 0 amide bonds. The Labute approximate surface area is 104 Å². The minimum atomic E-state index is 0.625. The van der Waals surface area contributed by atoms with Crippen LogP contribution in [-0.4, -0.2) is 16.5 Å². The quantitative estimate of drug-likeness (QED) is 0.625. The van der Waals surface area contributed by atoms with Gasteiger partial charge in [0.15, 0.2) is 0 Å². The predicted octanol–water partition coefficient (Wildman–Crippen LogP) is 1.85. The molecule has 0 radical (unpaired) electrons. The number of nitrogens with two attached hydrogens (primary N) is 1. The molecule has 0 saturated heterocycles. The van der Waals surface area contributed by atoms with Gasteiger partial charge < -0.3 is 10.3 Å². The van der Waals surface area contributed by atoms with Crippen LogP contribution in [0, 0.1) is 0 Å². The number of thiophene rings is 1. The molecule has 0 aliphatic heterocycles. The Morgan fingerprint density at radius 3 is 3.00 bits per heavy atom. The first kappa shape index (κ1) is 11.8. The highest BCUT2D eigenvalue weighted by molar-refractivity contribution is 7.09. The van der Waals surface area contributed by atoms with E-state index in [1.54, 1.807) is 11.3 Å². The van der Waals surface area contributed by atoms with Gasteiger partial charge in [0.2, 0.25) is 0 Å². The Kier molecular flexibility index (Phi) is 3.89. The molecule has 6 heteroatoms. The van der Waals surface area contributed by atoms with Crippen molar-refractivity contribution in [3.8, 4) is 0 Å². The molecule has 5 nitrogen and oxygen atoms in total. The second kappa shape index (κ2) is 5.60. The van der Waals surface area contributed by atoms with Gasteiger partial charge in [-0.3, -0.25) is 0 Å². The lowest BCUT2D eigenvalue weighted by atomic mass is 10.4. The highest BCUT2D eigenvalue weighted by Gasteiger charge is 2.08. The van der Waals surface area contributed by atoms with Crippen molar-refractivity contribution < 1.29 is 0 Å². The average molecular weight is 249 g/mol. The molecule has 0 aromatic carbocycles. The first-order valence-electron chi connectivity index (χ1n) is 5.39. The van der Waals surface area contributed by atoms with E-state index in [4.69, 9.17) is 5.84 Å². The predicted molar refractivity (Wildman–Crippen MR) is 70.9 cm³/mol. The van der Waals surface area contributed by atoms with Gasteiger partial charge in [0, 0.05) is 17.5 Å². The van der Waals surface area contributed by atoms with Crippen molar-refractivity contribution in [2.45, 2.75) is 13.5 Å². The van der Waals surface area contributed by atoms with E-state index in [0.717, 1.165) is 18.9 Å². The van der Waals surface area contributed by atoms with Crippen LogP contribution in [0.2, 0.25) is 0 Å². The zero-order valence-corrected chi connectivity index (χ0v) is 10.4. The van der Waals surface area contributed by atoms with Crippen molar-refractivity contribution in [2.75, 3.05) is 16.9 Å². The van der Waals surface area contributed by atoms with E-state index in [9.17, 15) is 0 Å². The van der Waals surface area contributed by atoms with Crippen LogP contribution in [0.1, 0.15) is 11.8 Å². The Morgan fingerprint density at radius 2 is 2.35 bits per heavy atom. The summed E-state index contributed by atoms with van der Waals surface area (Å²) < 4.78 is 0. The van der Waals surface area contributed by atoms with Crippen molar-refractivity contribution in [1.82, 2.24) is 9.97 Å². The lowest BCUT2D eigenvalue weighted by molar-refractivity contribution is 0.819. The second-order valence-electron chi connectivity index (χ2n) is 3.50. The van der Waals surface area contributed by atoms with Gasteiger partial charge in [-0.05, 0) is 18.4 Å². The maximum absolute atomic E-state index is 5.34. The van der Waals surface area contributed by atoms with Gasteiger partial charge in [0.1, 0.15) is 18.0 Å². The van der Waals surface area contributed by atoms with E-state index < -0.39 is 0 Å². The molecule has 2 aromatic rings. The number of rotatable bonds is 5. The SMILES string of the molecule is CCN(Cc1cccs1)c1cc(NN)ncn1. The molecule has 0 saturated carbocycles. The third-order valence-corrected chi connectivity index (χ3v) is 3.29. The van der Waals surface area contributed by atoms with Crippen molar-refractivity contribution in [1.29, 1.82) is 0 Å². The van der Waals surface area contributed by atoms with E-state index in [1.807, 2.05) is 6.07 Å². The van der Waals surface area contributed by atoms with Crippen LogP contribution in [0.5, 0.6) is 0 Å². The third-order valence-electron chi connectivity index (χ3n) is 2.43. The number of nitrogen functional groups attached to an aromatic ring is 1. The number of nitrogens with zero attached hydrogens (tertiary/aromatic N) is 3. The van der Waals surface area contributed by atoms with Gasteiger partial charge in [-0.15, -0.1) is 11.3 Å². The first-order valence-corrected chi connectivity index (χ1v) is 6.27. The van der Waals surface area contributed by atoms with Gasteiger partial charge >= 0.3 is 0 Å². The van der Waals surface area contributed by atoms with Gasteiger partial charge in [0.05, 0.1) is 6.54 Å². The summed E-state index contributed by atoms with van der Waals surface area (Å²) in [4.78, 5) is 11.8. The summed E-state index contributed by atoms with van der Waals surface area (Å²) in [6.45, 7) is 3.85. The monoisotopic (exact) mass is 249 g/mol.